The van der Waals surface area contributed by atoms with Crippen LogP contribution in [0.2, 0.25) is 0 Å². The Labute approximate surface area is 126 Å². The fourth-order valence-corrected chi connectivity index (χ4v) is 2.11. The molecule has 0 aliphatic rings. The molecule has 0 aliphatic carbocycles. The Hall–Kier alpha value is -2.70. The summed E-state index contributed by atoms with van der Waals surface area (Å²) in [5.74, 6) is -2.75. The van der Waals surface area contributed by atoms with Gasteiger partial charge in [0.05, 0.1) is 17.8 Å². The number of aromatic carboxylic acids is 1. The first kappa shape index (κ1) is 15.7. The monoisotopic (exact) mass is 305 g/mol. The number of hydrogen-bond acceptors (Lipinski definition) is 3. The highest BCUT2D eigenvalue weighted by molar-refractivity contribution is 6.01. The predicted octanol–water partition coefficient (Wildman–Crippen LogP) is 2.00. The van der Waals surface area contributed by atoms with Gasteiger partial charge in [-0.25, -0.2) is 9.18 Å². The van der Waals surface area contributed by atoms with Crippen LogP contribution in [-0.2, 0) is 24.7 Å². The van der Waals surface area contributed by atoms with Gasteiger partial charge in [0.1, 0.15) is 11.4 Å². The molecule has 0 aliphatic heterocycles. The van der Waals surface area contributed by atoms with Crippen LogP contribution in [0.25, 0.3) is 0 Å². The minimum Gasteiger partial charge on any atom is -0.478 e. The lowest BCUT2D eigenvalue weighted by Gasteiger charge is -2.09. The van der Waals surface area contributed by atoms with E-state index in [1.165, 1.54) is 12.1 Å². The van der Waals surface area contributed by atoms with Crippen LogP contribution in [0.1, 0.15) is 28.7 Å². The summed E-state index contributed by atoms with van der Waals surface area (Å²) in [6.07, 6.45) is 0.779. The molecule has 1 amide bonds. The molecular formula is C15H16FN3O3. The number of carbonyl (C=O) groups is 2. The third-order valence-corrected chi connectivity index (χ3v) is 3.23. The first-order chi connectivity index (χ1) is 10.4. The maximum absolute atomic E-state index is 13.5. The summed E-state index contributed by atoms with van der Waals surface area (Å²) in [6.45, 7) is 1.96. The van der Waals surface area contributed by atoms with Crippen molar-refractivity contribution in [3.05, 3.63) is 47.0 Å². The van der Waals surface area contributed by atoms with Crippen molar-refractivity contribution < 1.29 is 19.1 Å². The highest BCUT2D eigenvalue weighted by Gasteiger charge is 2.18. The topological polar surface area (TPSA) is 84.2 Å². The average molecular weight is 305 g/mol. The van der Waals surface area contributed by atoms with Gasteiger partial charge in [-0.15, -0.1) is 0 Å². The maximum atomic E-state index is 13.5. The van der Waals surface area contributed by atoms with Crippen LogP contribution in [0.3, 0.4) is 0 Å². The number of carboxylic acid groups (broad SMARTS) is 1. The number of rotatable bonds is 5. The first-order valence-electron chi connectivity index (χ1n) is 6.75. The molecule has 2 rings (SSSR count). The van der Waals surface area contributed by atoms with Crippen LogP contribution < -0.4 is 5.32 Å². The number of anilines is 1. The van der Waals surface area contributed by atoms with Crippen LogP contribution >= 0.6 is 0 Å². The molecule has 2 N–H and O–H groups in total. The van der Waals surface area contributed by atoms with Crippen LogP contribution in [0, 0.1) is 5.82 Å². The minimum atomic E-state index is -1.43. The number of halogens is 1. The third-order valence-electron chi connectivity index (χ3n) is 3.23. The van der Waals surface area contributed by atoms with E-state index >= 15 is 0 Å². The Morgan fingerprint density at radius 1 is 1.41 bits per heavy atom. The number of carbonyl (C=O) groups excluding carboxylic acids is 1. The molecule has 0 saturated carbocycles. The van der Waals surface area contributed by atoms with Gasteiger partial charge in [-0.1, -0.05) is 13.0 Å². The van der Waals surface area contributed by atoms with Crippen molar-refractivity contribution in [2.75, 3.05) is 5.32 Å². The summed E-state index contributed by atoms with van der Waals surface area (Å²) in [5, 5.41) is 15.7. The number of nitrogens with one attached hydrogen (secondary N) is 1. The number of amides is 1. The molecular weight excluding hydrogens is 289 g/mol. The molecule has 116 valence electrons. The second kappa shape index (κ2) is 6.38. The van der Waals surface area contributed by atoms with Crippen molar-refractivity contribution in [2.24, 2.45) is 7.05 Å². The van der Waals surface area contributed by atoms with E-state index in [0.29, 0.717) is 5.69 Å². The molecule has 0 saturated heterocycles. The van der Waals surface area contributed by atoms with E-state index in [1.807, 2.05) is 13.0 Å². The molecule has 2 aromatic rings. The largest absolute Gasteiger partial charge is 0.478 e. The summed E-state index contributed by atoms with van der Waals surface area (Å²) in [6, 6.07) is 5.54. The van der Waals surface area contributed by atoms with Crippen molar-refractivity contribution in [2.45, 2.75) is 19.8 Å². The van der Waals surface area contributed by atoms with Gasteiger partial charge in [0.15, 0.2) is 0 Å². The summed E-state index contributed by atoms with van der Waals surface area (Å²) < 4.78 is 15.1. The number of aromatic nitrogens is 2. The smallest absolute Gasteiger partial charge is 0.340 e. The Bertz CT molecular complexity index is 725. The van der Waals surface area contributed by atoms with E-state index in [9.17, 15) is 14.0 Å². The molecule has 1 heterocycles. The van der Waals surface area contributed by atoms with Crippen LogP contribution in [0.15, 0.2) is 24.3 Å². The summed E-state index contributed by atoms with van der Waals surface area (Å²) in [4.78, 5) is 23.1. The van der Waals surface area contributed by atoms with Gasteiger partial charge >= 0.3 is 5.97 Å². The standard InChI is InChI=1S/C15H16FN3O3/c1-3-9-7-10(19(2)18-9)8-13(20)17-12-6-4-5-11(16)14(12)15(21)22/h4-7H,3,8H2,1-2H3,(H,17,20)(H,21,22). The third kappa shape index (κ3) is 3.30. The van der Waals surface area contributed by atoms with E-state index in [4.69, 9.17) is 5.11 Å². The van der Waals surface area contributed by atoms with Crippen LogP contribution in [-0.4, -0.2) is 26.8 Å². The van der Waals surface area contributed by atoms with Crippen molar-refractivity contribution in [3.63, 3.8) is 0 Å². The Morgan fingerprint density at radius 3 is 2.73 bits per heavy atom. The predicted molar refractivity (Wildman–Crippen MR) is 78.3 cm³/mol. The van der Waals surface area contributed by atoms with Gasteiger partial charge in [0.2, 0.25) is 5.91 Å². The second-order valence-electron chi connectivity index (χ2n) is 4.80. The normalized spacial score (nSPS) is 10.5. The van der Waals surface area contributed by atoms with Crippen LogP contribution in [0.5, 0.6) is 0 Å². The molecule has 0 atom stereocenters. The summed E-state index contributed by atoms with van der Waals surface area (Å²) >= 11 is 0. The Morgan fingerprint density at radius 2 is 2.14 bits per heavy atom. The zero-order valence-electron chi connectivity index (χ0n) is 12.3. The number of benzene rings is 1. The number of nitrogens with zero attached hydrogens (tertiary/aromatic N) is 2. The van der Waals surface area contributed by atoms with E-state index in [-0.39, 0.29) is 12.1 Å². The molecule has 0 radical (unpaired) electrons. The molecule has 1 aromatic heterocycles. The summed E-state index contributed by atoms with van der Waals surface area (Å²) in [7, 11) is 1.73. The second-order valence-corrected chi connectivity index (χ2v) is 4.80. The van der Waals surface area contributed by atoms with Gasteiger partial charge in [-0.05, 0) is 24.6 Å². The van der Waals surface area contributed by atoms with Gasteiger partial charge in [0, 0.05) is 12.7 Å². The molecule has 0 unspecified atom stereocenters. The molecule has 6 nitrogen and oxygen atoms in total. The van der Waals surface area contributed by atoms with Gasteiger partial charge < -0.3 is 10.4 Å². The van der Waals surface area contributed by atoms with E-state index < -0.39 is 23.3 Å². The molecule has 7 heteroatoms. The number of hydrogen-bond donors (Lipinski definition) is 2. The lowest BCUT2D eigenvalue weighted by Crippen LogP contribution is -2.19. The van der Waals surface area contributed by atoms with E-state index in [0.717, 1.165) is 18.2 Å². The van der Waals surface area contributed by atoms with Crippen molar-refractivity contribution in [1.82, 2.24) is 9.78 Å². The van der Waals surface area contributed by atoms with E-state index in [2.05, 4.69) is 10.4 Å². The van der Waals surface area contributed by atoms with Gasteiger partial charge in [-0.3, -0.25) is 9.48 Å². The van der Waals surface area contributed by atoms with Crippen LogP contribution in [0.4, 0.5) is 10.1 Å². The molecule has 0 bridgehead atoms. The molecule has 0 fully saturated rings. The number of aryl methyl sites for hydroxylation is 2. The molecule has 1 aromatic carbocycles. The highest BCUT2D eigenvalue weighted by atomic mass is 19.1. The Kier molecular flexibility index (Phi) is 4.55. The summed E-state index contributed by atoms with van der Waals surface area (Å²) in [5.41, 5.74) is 0.954. The lowest BCUT2D eigenvalue weighted by molar-refractivity contribution is -0.115. The quantitative estimate of drug-likeness (QED) is 0.885. The number of carboxylic acids is 1. The van der Waals surface area contributed by atoms with Crippen molar-refractivity contribution >= 4 is 17.6 Å². The van der Waals surface area contributed by atoms with Crippen molar-refractivity contribution in [1.29, 1.82) is 0 Å². The van der Waals surface area contributed by atoms with Gasteiger partial charge in [-0.2, -0.15) is 5.10 Å². The minimum absolute atomic E-state index is 0.0269. The fourth-order valence-electron chi connectivity index (χ4n) is 2.11. The highest BCUT2D eigenvalue weighted by Crippen LogP contribution is 2.19. The maximum Gasteiger partial charge on any atom is 0.340 e. The zero-order chi connectivity index (χ0) is 16.3. The van der Waals surface area contributed by atoms with E-state index in [1.54, 1.807) is 11.7 Å². The Balaban J connectivity index is 2.17. The SMILES string of the molecule is CCc1cc(CC(=O)Nc2cccc(F)c2C(=O)O)n(C)n1. The lowest BCUT2D eigenvalue weighted by atomic mass is 10.1. The first-order valence-corrected chi connectivity index (χ1v) is 6.75. The fraction of sp³-hybridized carbons (Fsp3) is 0.267. The molecule has 0 spiro atoms. The average Bonchev–Trinajstić information content (AvgIpc) is 2.79. The molecule has 22 heavy (non-hydrogen) atoms. The zero-order valence-corrected chi connectivity index (χ0v) is 12.3. The van der Waals surface area contributed by atoms with Crippen molar-refractivity contribution in [3.8, 4) is 0 Å². The van der Waals surface area contributed by atoms with Gasteiger partial charge in [0.25, 0.3) is 0 Å².